The molecule has 1 fully saturated rings. The minimum Gasteiger partial charge on any atom is -0.0616 e. The number of benzene rings is 3. The third-order valence-electron chi connectivity index (χ3n) is 4.33. The Morgan fingerprint density at radius 1 is 0.722 bits per heavy atom. The summed E-state index contributed by atoms with van der Waals surface area (Å²) in [6, 6.07) is 20.1. The molecule has 3 aromatic rings. The molecule has 0 aromatic heterocycles. The van der Waals surface area contributed by atoms with Gasteiger partial charge in [-0.3, -0.25) is 0 Å². The fourth-order valence-corrected chi connectivity index (χ4v) is 3.07. The first-order valence-electron chi connectivity index (χ1n) is 6.83. The van der Waals surface area contributed by atoms with Crippen LogP contribution in [0.25, 0.3) is 21.5 Å². The second-order valence-corrected chi connectivity index (χ2v) is 5.40. The van der Waals surface area contributed by atoms with E-state index < -0.39 is 0 Å². The van der Waals surface area contributed by atoms with Crippen molar-refractivity contribution in [3.8, 4) is 0 Å². The molecule has 3 aromatic carbocycles. The van der Waals surface area contributed by atoms with Crippen LogP contribution in [-0.2, 0) is 0 Å². The number of fused-ring (bicyclic) bond motifs is 2. The van der Waals surface area contributed by atoms with Crippen LogP contribution in [0.5, 0.6) is 0 Å². The maximum atomic E-state index is 2.37. The minimum absolute atomic E-state index is 0.801. The first kappa shape index (κ1) is 10.1. The predicted octanol–water partition coefficient (Wildman–Crippen LogP) is 5.26. The van der Waals surface area contributed by atoms with Crippen molar-refractivity contribution < 1.29 is 0 Å². The third-order valence-corrected chi connectivity index (χ3v) is 4.33. The molecule has 1 saturated carbocycles. The molecular formula is C18H16. The van der Waals surface area contributed by atoms with Crippen molar-refractivity contribution in [2.24, 2.45) is 0 Å². The van der Waals surface area contributed by atoms with Gasteiger partial charge in [-0.2, -0.15) is 0 Å². The molecule has 88 valence electrons. The topological polar surface area (TPSA) is 0 Å². The Hall–Kier alpha value is -1.82. The molecule has 1 aliphatic carbocycles. The van der Waals surface area contributed by atoms with Crippen LogP contribution >= 0.6 is 0 Å². The van der Waals surface area contributed by atoms with E-state index in [4.69, 9.17) is 0 Å². The van der Waals surface area contributed by atoms with Crippen LogP contribution < -0.4 is 0 Å². The summed E-state index contributed by atoms with van der Waals surface area (Å²) >= 11 is 0. The molecule has 0 bridgehead atoms. The Kier molecular flexibility index (Phi) is 2.16. The molecule has 0 heteroatoms. The average molecular weight is 232 g/mol. The molecule has 0 atom stereocenters. The summed E-state index contributed by atoms with van der Waals surface area (Å²) in [5, 5.41) is 5.55. The van der Waals surface area contributed by atoms with E-state index in [9.17, 15) is 0 Å². The predicted molar refractivity (Wildman–Crippen MR) is 78.0 cm³/mol. The van der Waals surface area contributed by atoms with E-state index in [-0.39, 0.29) is 0 Å². The lowest BCUT2D eigenvalue weighted by molar-refractivity contribution is 0.422. The largest absolute Gasteiger partial charge is 0.0616 e. The lowest BCUT2D eigenvalue weighted by Crippen LogP contribution is -2.08. The smallest absolute Gasteiger partial charge is 0.0143 e. The molecule has 0 N–H and O–H groups in total. The van der Waals surface area contributed by atoms with E-state index in [0.717, 1.165) is 5.92 Å². The van der Waals surface area contributed by atoms with Gasteiger partial charge in [-0.15, -0.1) is 0 Å². The first-order valence-corrected chi connectivity index (χ1v) is 6.83. The Bertz CT molecular complexity index is 720. The number of hydrogen-bond acceptors (Lipinski definition) is 0. The SMILES string of the molecule is c1ccc2cc3c(C4CCC4)cccc3cc2c1. The molecule has 0 nitrogen and oxygen atoms in total. The van der Waals surface area contributed by atoms with Crippen LogP contribution in [0.1, 0.15) is 30.7 Å². The summed E-state index contributed by atoms with van der Waals surface area (Å²) in [6.45, 7) is 0. The number of hydrogen-bond donors (Lipinski definition) is 0. The highest BCUT2D eigenvalue weighted by atomic mass is 14.3. The van der Waals surface area contributed by atoms with E-state index in [0.29, 0.717) is 0 Å². The highest BCUT2D eigenvalue weighted by Crippen LogP contribution is 2.40. The van der Waals surface area contributed by atoms with Gasteiger partial charge in [0, 0.05) is 0 Å². The lowest BCUT2D eigenvalue weighted by Gasteiger charge is -2.27. The summed E-state index contributed by atoms with van der Waals surface area (Å²) in [4.78, 5) is 0. The quantitative estimate of drug-likeness (QED) is 0.502. The van der Waals surface area contributed by atoms with Crippen molar-refractivity contribution >= 4 is 21.5 Å². The van der Waals surface area contributed by atoms with Crippen LogP contribution in [0.2, 0.25) is 0 Å². The van der Waals surface area contributed by atoms with Crippen LogP contribution in [0.4, 0.5) is 0 Å². The van der Waals surface area contributed by atoms with Crippen LogP contribution in [-0.4, -0.2) is 0 Å². The molecule has 0 spiro atoms. The van der Waals surface area contributed by atoms with Gasteiger partial charge in [-0.25, -0.2) is 0 Å². The second-order valence-electron chi connectivity index (χ2n) is 5.40. The summed E-state index contributed by atoms with van der Waals surface area (Å²) in [5.41, 5.74) is 1.56. The van der Waals surface area contributed by atoms with Gasteiger partial charge in [0.2, 0.25) is 0 Å². The molecule has 1 aliphatic rings. The Morgan fingerprint density at radius 2 is 1.44 bits per heavy atom. The lowest BCUT2D eigenvalue weighted by atomic mass is 9.78. The molecule has 0 heterocycles. The van der Waals surface area contributed by atoms with E-state index in [1.807, 2.05) is 0 Å². The summed E-state index contributed by atoms with van der Waals surface area (Å²) in [5.74, 6) is 0.801. The molecule has 0 aliphatic heterocycles. The maximum absolute atomic E-state index is 2.37. The summed E-state index contributed by atoms with van der Waals surface area (Å²) in [6.07, 6.45) is 4.13. The van der Waals surface area contributed by atoms with Gasteiger partial charge in [-0.1, -0.05) is 48.9 Å². The molecule has 0 radical (unpaired) electrons. The van der Waals surface area contributed by atoms with E-state index in [1.54, 1.807) is 5.56 Å². The van der Waals surface area contributed by atoms with Gasteiger partial charge in [0.25, 0.3) is 0 Å². The first-order chi connectivity index (χ1) is 8.92. The zero-order valence-electron chi connectivity index (χ0n) is 10.4. The van der Waals surface area contributed by atoms with Gasteiger partial charge in [0.05, 0.1) is 0 Å². The van der Waals surface area contributed by atoms with Gasteiger partial charge >= 0.3 is 0 Å². The zero-order valence-corrected chi connectivity index (χ0v) is 10.4. The molecular weight excluding hydrogens is 216 g/mol. The van der Waals surface area contributed by atoms with Crippen LogP contribution in [0.3, 0.4) is 0 Å². The summed E-state index contributed by atoms with van der Waals surface area (Å²) < 4.78 is 0. The van der Waals surface area contributed by atoms with Crippen LogP contribution in [0, 0.1) is 0 Å². The Balaban J connectivity index is 2.05. The monoisotopic (exact) mass is 232 g/mol. The number of rotatable bonds is 1. The van der Waals surface area contributed by atoms with E-state index in [1.165, 1.54) is 40.8 Å². The normalized spacial score (nSPS) is 16.0. The molecule has 0 saturated heterocycles. The van der Waals surface area contributed by atoms with Gasteiger partial charge < -0.3 is 0 Å². The van der Waals surface area contributed by atoms with Crippen molar-refractivity contribution in [2.45, 2.75) is 25.2 Å². The highest BCUT2D eigenvalue weighted by Gasteiger charge is 2.21. The van der Waals surface area contributed by atoms with Crippen molar-refractivity contribution in [3.05, 3.63) is 60.2 Å². The van der Waals surface area contributed by atoms with Crippen LogP contribution in [0.15, 0.2) is 54.6 Å². The van der Waals surface area contributed by atoms with Gasteiger partial charge in [0.1, 0.15) is 0 Å². The highest BCUT2D eigenvalue weighted by molar-refractivity contribution is 5.99. The Labute approximate surface area is 107 Å². The van der Waals surface area contributed by atoms with Crippen molar-refractivity contribution in [1.82, 2.24) is 0 Å². The van der Waals surface area contributed by atoms with Crippen molar-refractivity contribution in [3.63, 3.8) is 0 Å². The molecule has 0 unspecified atom stereocenters. The molecule has 18 heavy (non-hydrogen) atoms. The standard InChI is InChI=1S/C18H16/c1-2-6-15-12-18-16(11-14(15)5-1)9-4-10-17(18)13-7-3-8-13/h1-2,4-6,9-13H,3,7-8H2. The Morgan fingerprint density at radius 3 is 2.17 bits per heavy atom. The van der Waals surface area contributed by atoms with Gasteiger partial charge in [-0.05, 0) is 58.0 Å². The molecule has 4 rings (SSSR count). The van der Waals surface area contributed by atoms with Crippen molar-refractivity contribution in [1.29, 1.82) is 0 Å². The second kappa shape index (κ2) is 3.84. The fraction of sp³-hybridized carbons (Fsp3) is 0.222. The van der Waals surface area contributed by atoms with Crippen molar-refractivity contribution in [2.75, 3.05) is 0 Å². The average Bonchev–Trinajstić information content (AvgIpc) is 2.35. The maximum Gasteiger partial charge on any atom is -0.0143 e. The minimum atomic E-state index is 0.801. The van der Waals surface area contributed by atoms with E-state index >= 15 is 0 Å². The molecule has 0 amide bonds. The van der Waals surface area contributed by atoms with E-state index in [2.05, 4.69) is 54.6 Å². The zero-order chi connectivity index (χ0) is 11.9. The summed E-state index contributed by atoms with van der Waals surface area (Å²) in [7, 11) is 0. The van der Waals surface area contributed by atoms with Gasteiger partial charge in [0.15, 0.2) is 0 Å². The third kappa shape index (κ3) is 1.45. The fourth-order valence-electron chi connectivity index (χ4n) is 3.07.